The first kappa shape index (κ1) is 13.9. The predicted molar refractivity (Wildman–Crippen MR) is 62.0 cm³/mol. The number of benzene rings is 1. The van der Waals surface area contributed by atoms with E-state index in [1.165, 1.54) is 0 Å². The number of hydrogen-bond donors (Lipinski definition) is 1. The summed E-state index contributed by atoms with van der Waals surface area (Å²) in [6, 6.07) is 0.587. The third kappa shape index (κ3) is 3.07. The third-order valence-electron chi connectivity index (χ3n) is 3.36. The second kappa shape index (κ2) is 5.61. The molecule has 1 unspecified atom stereocenters. The Labute approximate surface area is 108 Å². The van der Waals surface area contributed by atoms with Crippen LogP contribution in [0.15, 0.2) is 12.1 Å². The zero-order chi connectivity index (χ0) is 14.0. The van der Waals surface area contributed by atoms with Crippen LogP contribution < -0.4 is 0 Å². The molecule has 1 N–H and O–H groups in total. The van der Waals surface area contributed by atoms with E-state index in [4.69, 9.17) is 5.11 Å². The lowest BCUT2D eigenvalue weighted by Crippen LogP contribution is -2.44. The highest BCUT2D eigenvalue weighted by atomic mass is 19.2. The van der Waals surface area contributed by atoms with Gasteiger partial charge in [-0.1, -0.05) is 6.42 Å². The van der Waals surface area contributed by atoms with E-state index in [-0.39, 0.29) is 12.1 Å². The molecule has 0 spiro atoms. The van der Waals surface area contributed by atoms with Crippen LogP contribution in [0.3, 0.4) is 0 Å². The van der Waals surface area contributed by atoms with Gasteiger partial charge >= 0.3 is 5.97 Å². The highest BCUT2D eigenvalue weighted by Gasteiger charge is 2.29. The van der Waals surface area contributed by atoms with Crippen LogP contribution >= 0.6 is 0 Å². The van der Waals surface area contributed by atoms with E-state index >= 15 is 0 Å². The van der Waals surface area contributed by atoms with Gasteiger partial charge in [-0.15, -0.1) is 0 Å². The van der Waals surface area contributed by atoms with E-state index in [1.54, 1.807) is 4.90 Å². The Balaban J connectivity index is 2.19. The maximum absolute atomic E-state index is 13.5. The minimum atomic E-state index is -1.24. The molecule has 2 rings (SSSR count). The van der Waals surface area contributed by atoms with Crippen LogP contribution in [-0.2, 0) is 11.3 Å². The Morgan fingerprint density at radius 1 is 1.21 bits per heavy atom. The van der Waals surface area contributed by atoms with E-state index in [0.717, 1.165) is 18.9 Å². The van der Waals surface area contributed by atoms with Gasteiger partial charge in [-0.2, -0.15) is 0 Å². The molecule has 1 aliphatic rings. The molecule has 0 aromatic heterocycles. The minimum absolute atomic E-state index is 0.0212. The molecule has 1 fully saturated rings. The summed E-state index contributed by atoms with van der Waals surface area (Å²) in [6.07, 6.45) is 2.10. The number of nitrogens with zero attached hydrogens (tertiary/aromatic N) is 1. The summed E-state index contributed by atoms with van der Waals surface area (Å²) >= 11 is 0. The van der Waals surface area contributed by atoms with Gasteiger partial charge in [-0.05, 0) is 25.5 Å². The van der Waals surface area contributed by atoms with Gasteiger partial charge in [-0.3, -0.25) is 9.69 Å². The van der Waals surface area contributed by atoms with E-state index in [1.807, 2.05) is 0 Å². The van der Waals surface area contributed by atoms with E-state index in [0.29, 0.717) is 19.0 Å². The van der Waals surface area contributed by atoms with Gasteiger partial charge in [0.25, 0.3) is 0 Å². The highest BCUT2D eigenvalue weighted by Crippen LogP contribution is 2.22. The summed E-state index contributed by atoms with van der Waals surface area (Å²) in [4.78, 5) is 12.7. The fraction of sp³-hybridized carbons (Fsp3) is 0.462. The van der Waals surface area contributed by atoms with Crippen LogP contribution in [0.4, 0.5) is 13.2 Å². The summed E-state index contributed by atoms with van der Waals surface area (Å²) in [5.74, 6) is -4.19. The minimum Gasteiger partial charge on any atom is -0.480 e. The number of hydrogen-bond acceptors (Lipinski definition) is 2. The number of piperidine rings is 1. The van der Waals surface area contributed by atoms with Crippen molar-refractivity contribution < 1.29 is 23.1 Å². The smallest absolute Gasteiger partial charge is 0.320 e. The number of carboxylic acid groups (broad SMARTS) is 1. The van der Waals surface area contributed by atoms with Crippen molar-refractivity contribution in [3.8, 4) is 0 Å². The molecule has 0 bridgehead atoms. The second-order valence-electron chi connectivity index (χ2n) is 4.68. The number of carboxylic acids is 1. The largest absolute Gasteiger partial charge is 0.480 e. The van der Waals surface area contributed by atoms with Crippen molar-refractivity contribution in [2.75, 3.05) is 6.54 Å². The lowest BCUT2D eigenvalue weighted by atomic mass is 10.0. The van der Waals surface area contributed by atoms with Crippen molar-refractivity contribution in [2.24, 2.45) is 0 Å². The van der Waals surface area contributed by atoms with Gasteiger partial charge in [0.1, 0.15) is 11.9 Å². The average molecular weight is 273 g/mol. The normalized spacial score (nSPS) is 20.5. The Morgan fingerprint density at radius 2 is 1.89 bits per heavy atom. The zero-order valence-electron chi connectivity index (χ0n) is 10.2. The molecule has 1 aliphatic heterocycles. The maximum Gasteiger partial charge on any atom is 0.320 e. The molecule has 0 amide bonds. The molecule has 1 atom stereocenters. The predicted octanol–water partition coefficient (Wildman–Crippen LogP) is 2.54. The number of likely N-dealkylation sites (tertiary alicyclic amines) is 1. The van der Waals surface area contributed by atoms with Gasteiger partial charge in [0.15, 0.2) is 11.6 Å². The SMILES string of the molecule is O=C(O)C1CCCCN1Cc1cc(F)c(F)cc1F. The molecular formula is C13H14F3NO2. The van der Waals surface area contributed by atoms with E-state index < -0.39 is 29.5 Å². The van der Waals surface area contributed by atoms with Crippen LogP contribution in [0, 0.1) is 17.5 Å². The molecule has 0 radical (unpaired) electrons. The second-order valence-corrected chi connectivity index (χ2v) is 4.68. The van der Waals surface area contributed by atoms with Crippen molar-refractivity contribution >= 4 is 5.97 Å². The van der Waals surface area contributed by atoms with Crippen molar-refractivity contribution in [2.45, 2.75) is 31.8 Å². The first-order valence-corrected chi connectivity index (χ1v) is 6.09. The number of rotatable bonds is 3. The Bertz CT molecular complexity index is 493. The summed E-state index contributed by atoms with van der Waals surface area (Å²) in [6.45, 7) is 0.482. The molecule has 104 valence electrons. The van der Waals surface area contributed by atoms with Crippen LogP contribution in [0.25, 0.3) is 0 Å². The molecule has 1 saturated heterocycles. The third-order valence-corrected chi connectivity index (χ3v) is 3.36. The lowest BCUT2D eigenvalue weighted by Gasteiger charge is -2.32. The van der Waals surface area contributed by atoms with Crippen molar-refractivity contribution in [1.82, 2.24) is 4.90 Å². The van der Waals surface area contributed by atoms with Gasteiger partial charge in [0.2, 0.25) is 0 Å². The molecule has 1 aromatic rings. The number of aliphatic carboxylic acids is 1. The van der Waals surface area contributed by atoms with Crippen LogP contribution in [-0.4, -0.2) is 28.6 Å². The molecule has 6 heteroatoms. The molecule has 3 nitrogen and oxygen atoms in total. The lowest BCUT2D eigenvalue weighted by molar-refractivity contribution is -0.144. The van der Waals surface area contributed by atoms with E-state index in [9.17, 15) is 18.0 Å². The average Bonchev–Trinajstić information content (AvgIpc) is 2.36. The van der Waals surface area contributed by atoms with Gasteiger partial charge in [0.05, 0.1) is 0 Å². The van der Waals surface area contributed by atoms with Crippen LogP contribution in [0.1, 0.15) is 24.8 Å². The molecular weight excluding hydrogens is 259 g/mol. The summed E-state index contributed by atoms with van der Waals surface area (Å²) < 4.78 is 39.4. The fourth-order valence-corrected chi connectivity index (χ4v) is 2.36. The first-order valence-electron chi connectivity index (χ1n) is 6.09. The van der Waals surface area contributed by atoms with Crippen molar-refractivity contribution in [1.29, 1.82) is 0 Å². The maximum atomic E-state index is 13.5. The summed E-state index contributed by atoms with van der Waals surface area (Å²) in [5.41, 5.74) is -0.0212. The molecule has 19 heavy (non-hydrogen) atoms. The monoisotopic (exact) mass is 273 g/mol. The molecule has 1 aromatic carbocycles. The van der Waals surface area contributed by atoms with Gasteiger partial charge < -0.3 is 5.11 Å². The number of halogens is 3. The molecule has 0 saturated carbocycles. The molecule has 1 heterocycles. The van der Waals surface area contributed by atoms with Gasteiger partial charge in [0, 0.05) is 18.2 Å². The zero-order valence-corrected chi connectivity index (χ0v) is 10.2. The highest BCUT2D eigenvalue weighted by molar-refractivity contribution is 5.73. The Morgan fingerprint density at radius 3 is 2.58 bits per heavy atom. The Hall–Kier alpha value is -1.56. The van der Waals surface area contributed by atoms with Crippen LogP contribution in [0.2, 0.25) is 0 Å². The summed E-state index contributed by atoms with van der Waals surface area (Å²) in [7, 11) is 0. The Kier molecular flexibility index (Phi) is 4.09. The fourth-order valence-electron chi connectivity index (χ4n) is 2.36. The van der Waals surface area contributed by atoms with Crippen LogP contribution in [0.5, 0.6) is 0 Å². The quantitative estimate of drug-likeness (QED) is 0.860. The van der Waals surface area contributed by atoms with Crippen molar-refractivity contribution in [3.05, 3.63) is 35.1 Å². The topological polar surface area (TPSA) is 40.5 Å². The first-order chi connectivity index (χ1) is 8.99. The summed E-state index contributed by atoms with van der Waals surface area (Å²) in [5, 5.41) is 9.09. The molecule has 0 aliphatic carbocycles. The number of carbonyl (C=O) groups is 1. The van der Waals surface area contributed by atoms with Crippen molar-refractivity contribution in [3.63, 3.8) is 0 Å². The van der Waals surface area contributed by atoms with Gasteiger partial charge in [-0.25, -0.2) is 13.2 Å². The van der Waals surface area contributed by atoms with E-state index in [2.05, 4.69) is 0 Å². The standard InChI is InChI=1S/C13H14F3NO2/c14-9-6-11(16)10(15)5-8(9)7-17-4-2-1-3-12(17)13(18)19/h5-6,12H,1-4,7H2,(H,18,19).